The van der Waals surface area contributed by atoms with E-state index >= 15 is 0 Å². The number of hydrogen-bond acceptors (Lipinski definition) is 4. The van der Waals surface area contributed by atoms with E-state index in [1.807, 2.05) is 42.5 Å². The van der Waals surface area contributed by atoms with Gasteiger partial charge in [-0.25, -0.2) is 0 Å². The highest BCUT2D eigenvalue weighted by molar-refractivity contribution is 5.65. The Hall–Kier alpha value is -2.69. The van der Waals surface area contributed by atoms with Gasteiger partial charge in [-0.05, 0) is 28.1 Å². The second-order valence-electron chi connectivity index (χ2n) is 4.45. The van der Waals surface area contributed by atoms with Gasteiger partial charge >= 0.3 is 0 Å². The minimum Gasteiger partial charge on any atom is -0.370 e. The van der Waals surface area contributed by atoms with E-state index in [0.717, 1.165) is 22.8 Å². The second kappa shape index (κ2) is 3.91. The number of para-hydroxylation sites is 2. The Morgan fingerprint density at radius 1 is 0.947 bits per heavy atom. The van der Waals surface area contributed by atoms with Crippen molar-refractivity contribution in [2.45, 2.75) is 6.04 Å². The Balaban J connectivity index is 1.91. The molecule has 0 radical (unpaired) electrons. The van der Waals surface area contributed by atoms with Crippen molar-refractivity contribution in [3.63, 3.8) is 0 Å². The molecule has 0 spiro atoms. The molecule has 2 heterocycles. The van der Waals surface area contributed by atoms with E-state index in [9.17, 15) is 0 Å². The first-order valence-corrected chi connectivity index (χ1v) is 6.12. The molecule has 2 aromatic carbocycles. The van der Waals surface area contributed by atoms with Crippen molar-refractivity contribution in [2.75, 3.05) is 5.32 Å². The molecule has 0 saturated carbocycles. The van der Waals surface area contributed by atoms with E-state index < -0.39 is 0 Å². The zero-order chi connectivity index (χ0) is 12.7. The van der Waals surface area contributed by atoms with Gasteiger partial charge in [0.05, 0.1) is 11.4 Å². The number of nitrogens with one attached hydrogen (secondary N) is 1. The SMILES string of the molecule is c1ccc(C2Nc3ccccc3-n3nnnc32)cc1. The fourth-order valence-corrected chi connectivity index (χ4v) is 2.42. The summed E-state index contributed by atoms with van der Waals surface area (Å²) in [5, 5.41) is 15.5. The fraction of sp³-hybridized carbons (Fsp3) is 0.0714. The predicted molar refractivity (Wildman–Crippen MR) is 71.1 cm³/mol. The minimum atomic E-state index is -0.0221. The molecule has 1 unspecified atom stereocenters. The number of hydrogen-bond donors (Lipinski definition) is 1. The molecular formula is C14H11N5. The van der Waals surface area contributed by atoms with Gasteiger partial charge in [-0.3, -0.25) is 0 Å². The maximum Gasteiger partial charge on any atom is 0.183 e. The van der Waals surface area contributed by atoms with Crippen LogP contribution >= 0.6 is 0 Å². The number of tetrazole rings is 1. The smallest absolute Gasteiger partial charge is 0.183 e. The van der Waals surface area contributed by atoms with Crippen LogP contribution in [0.4, 0.5) is 5.69 Å². The molecule has 1 N–H and O–H groups in total. The molecule has 19 heavy (non-hydrogen) atoms. The number of nitrogens with zero attached hydrogens (tertiary/aromatic N) is 4. The monoisotopic (exact) mass is 249 g/mol. The molecule has 3 aromatic rings. The second-order valence-corrected chi connectivity index (χ2v) is 4.45. The quantitative estimate of drug-likeness (QED) is 0.718. The average Bonchev–Trinajstić information content (AvgIpc) is 2.97. The van der Waals surface area contributed by atoms with Crippen LogP contribution < -0.4 is 5.32 Å². The van der Waals surface area contributed by atoms with Crippen LogP contribution in [0.2, 0.25) is 0 Å². The van der Waals surface area contributed by atoms with E-state index in [-0.39, 0.29) is 6.04 Å². The van der Waals surface area contributed by atoms with E-state index in [2.05, 4.69) is 33.0 Å². The standard InChI is InChI=1S/C14H11N5/c1-2-6-10(7-3-1)13-14-16-17-18-19(14)12-9-5-4-8-11(12)15-13/h1-9,13,15H. The van der Waals surface area contributed by atoms with Crippen molar-refractivity contribution >= 4 is 5.69 Å². The maximum absolute atomic E-state index is 4.15. The van der Waals surface area contributed by atoms with Crippen LogP contribution in [0.1, 0.15) is 17.4 Å². The van der Waals surface area contributed by atoms with Gasteiger partial charge < -0.3 is 5.32 Å². The molecule has 0 fully saturated rings. The molecule has 0 bridgehead atoms. The molecule has 5 heteroatoms. The topological polar surface area (TPSA) is 55.6 Å². The maximum atomic E-state index is 4.15. The van der Waals surface area contributed by atoms with Gasteiger partial charge in [-0.1, -0.05) is 42.5 Å². The van der Waals surface area contributed by atoms with Crippen LogP contribution in [0, 0.1) is 0 Å². The van der Waals surface area contributed by atoms with E-state index in [1.165, 1.54) is 0 Å². The Bertz CT molecular complexity index is 719. The summed E-state index contributed by atoms with van der Waals surface area (Å²) in [6, 6.07) is 18.2. The summed E-state index contributed by atoms with van der Waals surface area (Å²) in [6.07, 6.45) is 0. The van der Waals surface area contributed by atoms with Gasteiger partial charge in [0.1, 0.15) is 6.04 Å². The summed E-state index contributed by atoms with van der Waals surface area (Å²) in [6.45, 7) is 0. The van der Waals surface area contributed by atoms with Crippen LogP contribution in [0.25, 0.3) is 5.69 Å². The molecule has 1 aliphatic rings. The van der Waals surface area contributed by atoms with Crippen LogP contribution in [0.5, 0.6) is 0 Å². The normalized spacial score (nSPS) is 16.3. The third kappa shape index (κ3) is 1.52. The minimum absolute atomic E-state index is 0.0221. The van der Waals surface area contributed by atoms with Gasteiger partial charge in [0.15, 0.2) is 5.82 Å². The van der Waals surface area contributed by atoms with Crippen molar-refractivity contribution in [2.24, 2.45) is 0 Å². The van der Waals surface area contributed by atoms with E-state index in [1.54, 1.807) is 4.68 Å². The first kappa shape index (κ1) is 10.3. The Labute approximate surface area is 109 Å². The third-order valence-corrected chi connectivity index (χ3v) is 3.32. The summed E-state index contributed by atoms with van der Waals surface area (Å²) in [5.74, 6) is 0.810. The van der Waals surface area contributed by atoms with Crippen molar-refractivity contribution in [1.82, 2.24) is 20.2 Å². The van der Waals surface area contributed by atoms with Crippen molar-refractivity contribution in [3.05, 3.63) is 66.0 Å². The van der Waals surface area contributed by atoms with Crippen molar-refractivity contribution in [3.8, 4) is 5.69 Å². The van der Waals surface area contributed by atoms with Crippen LogP contribution in [-0.2, 0) is 0 Å². The van der Waals surface area contributed by atoms with Gasteiger partial charge in [-0.2, -0.15) is 4.68 Å². The number of anilines is 1. The largest absolute Gasteiger partial charge is 0.370 e. The lowest BCUT2D eigenvalue weighted by Gasteiger charge is -2.26. The van der Waals surface area contributed by atoms with E-state index in [0.29, 0.717) is 0 Å². The number of aromatic nitrogens is 4. The third-order valence-electron chi connectivity index (χ3n) is 3.32. The molecule has 1 aromatic heterocycles. The summed E-state index contributed by atoms with van der Waals surface area (Å²) in [5.41, 5.74) is 3.17. The molecular weight excluding hydrogens is 238 g/mol. The van der Waals surface area contributed by atoms with Crippen LogP contribution in [0.3, 0.4) is 0 Å². The van der Waals surface area contributed by atoms with Crippen molar-refractivity contribution < 1.29 is 0 Å². The zero-order valence-electron chi connectivity index (χ0n) is 10.1. The molecule has 92 valence electrons. The highest BCUT2D eigenvalue weighted by atomic mass is 15.6. The lowest BCUT2D eigenvalue weighted by Crippen LogP contribution is -2.23. The molecule has 1 aliphatic heterocycles. The fourth-order valence-electron chi connectivity index (χ4n) is 2.42. The molecule has 0 amide bonds. The first-order chi connectivity index (χ1) is 9.43. The van der Waals surface area contributed by atoms with E-state index in [4.69, 9.17) is 0 Å². The molecule has 4 rings (SSSR count). The summed E-state index contributed by atoms with van der Waals surface area (Å²) < 4.78 is 1.80. The first-order valence-electron chi connectivity index (χ1n) is 6.12. The number of rotatable bonds is 1. The highest BCUT2D eigenvalue weighted by Crippen LogP contribution is 2.34. The van der Waals surface area contributed by atoms with Crippen LogP contribution in [-0.4, -0.2) is 20.2 Å². The lowest BCUT2D eigenvalue weighted by atomic mass is 10.0. The zero-order valence-corrected chi connectivity index (χ0v) is 10.1. The van der Waals surface area contributed by atoms with Gasteiger partial charge in [0, 0.05) is 0 Å². The molecule has 1 atom stereocenters. The Morgan fingerprint density at radius 3 is 2.63 bits per heavy atom. The van der Waals surface area contributed by atoms with Crippen LogP contribution in [0.15, 0.2) is 54.6 Å². The Kier molecular flexibility index (Phi) is 2.11. The summed E-state index contributed by atoms with van der Waals surface area (Å²) in [4.78, 5) is 0. The van der Waals surface area contributed by atoms with Crippen molar-refractivity contribution in [1.29, 1.82) is 0 Å². The molecule has 5 nitrogen and oxygen atoms in total. The number of benzene rings is 2. The summed E-state index contributed by atoms with van der Waals surface area (Å²) >= 11 is 0. The molecule has 0 aliphatic carbocycles. The highest BCUT2D eigenvalue weighted by Gasteiger charge is 2.27. The predicted octanol–water partition coefficient (Wildman–Crippen LogP) is 2.18. The Morgan fingerprint density at radius 2 is 1.74 bits per heavy atom. The van der Waals surface area contributed by atoms with Gasteiger partial charge in [0.25, 0.3) is 0 Å². The molecule has 0 saturated heterocycles. The number of fused-ring (bicyclic) bond motifs is 3. The summed E-state index contributed by atoms with van der Waals surface area (Å²) in [7, 11) is 0. The lowest BCUT2D eigenvalue weighted by molar-refractivity contribution is 0.716. The van der Waals surface area contributed by atoms with Gasteiger partial charge in [-0.15, -0.1) is 5.10 Å². The average molecular weight is 249 g/mol. The van der Waals surface area contributed by atoms with Gasteiger partial charge in [0.2, 0.25) is 0 Å².